The molecule has 3 nitrogen and oxygen atoms in total. The molecule has 0 heterocycles. The summed E-state index contributed by atoms with van der Waals surface area (Å²) in [6, 6.07) is 0. The van der Waals surface area contributed by atoms with Gasteiger partial charge in [0.15, 0.2) is 0 Å². The smallest absolute Gasteiger partial charge is 0.147 e. The van der Waals surface area contributed by atoms with E-state index in [1.807, 2.05) is 13.8 Å². The van der Waals surface area contributed by atoms with Crippen molar-refractivity contribution in [2.24, 2.45) is 10.2 Å². The van der Waals surface area contributed by atoms with E-state index in [0.29, 0.717) is 5.82 Å². The van der Waals surface area contributed by atoms with Gasteiger partial charge in [-0.3, -0.25) is 0 Å². The van der Waals surface area contributed by atoms with Crippen molar-refractivity contribution >= 4 is 0 Å². The van der Waals surface area contributed by atoms with Gasteiger partial charge in [-0.15, -0.1) is 5.11 Å². The summed E-state index contributed by atoms with van der Waals surface area (Å²) in [5.74, 6) is 0.537. The second-order valence-electron chi connectivity index (χ2n) is 1.61. The Balaban J connectivity index is 0. The molecule has 0 amide bonds. The van der Waals surface area contributed by atoms with Crippen molar-refractivity contribution in [2.45, 2.75) is 13.8 Å². The third kappa shape index (κ3) is 6.74. The molecule has 68 valence electrons. The molecule has 0 aliphatic heterocycles. The molecule has 3 heteroatoms. The SMILES string of the molecule is C=CN=NC(=C)N(C)C=C.CC. The standard InChI is InChI=1S/C7H11N3.C2H6/c1-5-8-9-7(3)10(4)6-2;1-2/h5-6H,1-3H2,4H3;1-2H3. The predicted molar refractivity (Wildman–Crippen MR) is 53.5 cm³/mol. The zero-order valence-electron chi connectivity index (χ0n) is 8.12. The molecular formula is C9H17N3. The molecule has 0 spiro atoms. The van der Waals surface area contributed by atoms with Crippen LogP contribution in [0.15, 0.2) is 48.2 Å². The van der Waals surface area contributed by atoms with Crippen LogP contribution in [0.5, 0.6) is 0 Å². The Morgan fingerprint density at radius 3 is 2.17 bits per heavy atom. The summed E-state index contributed by atoms with van der Waals surface area (Å²) in [7, 11) is 1.79. The van der Waals surface area contributed by atoms with Crippen molar-refractivity contribution in [1.82, 2.24) is 4.90 Å². The van der Waals surface area contributed by atoms with Gasteiger partial charge in [-0.2, -0.15) is 5.11 Å². The van der Waals surface area contributed by atoms with Crippen LogP contribution in [0.3, 0.4) is 0 Å². The normalized spacial score (nSPS) is 8.25. The fourth-order valence-corrected chi connectivity index (χ4v) is 0.283. The van der Waals surface area contributed by atoms with E-state index in [1.165, 1.54) is 6.20 Å². The molecule has 0 saturated carbocycles. The van der Waals surface area contributed by atoms with Gasteiger partial charge in [-0.1, -0.05) is 33.6 Å². The van der Waals surface area contributed by atoms with Crippen molar-refractivity contribution in [3.05, 3.63) is 38.0 Å². The zero-order valence-corrected chi connectivity index (χ0v) is 8.12. The highest BCUT2D eigenvalue weighted by Gasteiger charge is 1.91. The molecule has 0 N–H and O–H groups in total. The van der Waals surface area contributed by atoms with E-state index in [-0.39, 0.29) is 0 Å². The molecule has 0 aromatic heterocycles. The lowest BCUT2D eigenvalue weighted by atomic mass is 10.7. The number of rotatable bonds is 4. The van der Waals surface area contributed by atoms with Gasteiger partial charge in [-0.25, -0.2) is 0 Å². The second-order valence-corrected chi connectivity index (χ2v) is 1.61. The summed E-state index contributed by atoms with van der Waals surface area (Å²) in [5, 5.41) is 7.22. The first-order chi connectivity index (χ1) is 5.72. The fraction of sp³-hybridized carbons (Fsp3) is 0.333. The largest absolute Gasteiger partial charge is 0.336 e. The molecule has 0 bridgehead atoms. The lowest BCUT2D eigenvalue weighted by Gasteiger charge is -2.09. The van der Waals surface area contributed by atoms with Crippen LogP contribution < -0.4 is 0 Å². The lowest BCUT2D eigenvalue weighted by molar-refractivity contribution is 0.558. The van der Waals surface area contributed by atoms with E-state index in [9.17, 15) is 0 Å². The molecule has 0 aromatic carbocycles. The minimum absolute atomic E-state index is 0.537. The predicted octanol–water partition coefficient (Wildman–Crippen LogP) is 3.15. The summed E-state index contributed by atoms with van der Waals surface area (Å²) >= 11 is 0. The van der Waals surface area contributed by atoms with Gasteiger partial charge >= 0.3 is 0 Å². The fourth-order valence-electron chi connectivity index (χ4n) is 0.283. The Kier molecular flexibility index (Phi) is 10.6. The quantitative estimate of drug-likeness (QED) is 0.591. The minimum atomic E-state index is 0.537. The van der Waals surface area contributed by atoms with E-state index < -0.39 is 0 Å². The van der Waals surface area contributed by atoms with Crippen LogP contribution in [0.2, 0.25) is 0 Å². The highest BCUT2D eigenvalue weighted by atomic mass is 15.3. The summed E-state index contributed by atoms with van der Waals surface area (Å²) < 4.78 is 0. The first-order valence-electron chi connectivity index (χ1n) is 3.78. The third-order valence-corrected chi connectivity index (χ3v) is 0.936. The maximum atomic E-state index is 3.68. The van der Waals surface area contributed by atoms with Gasteiger partial charge in [-0.05, 0) is 6.20 Å². The van der Waals surface area contributed by atoms with Crippen LogP contribution in [0, 0.1) is 0 Å². The Hall–Kier alpha value is -1.38. The molecule has 12 heavy (non-hydrogen) atoms. The molecular weight excluding hydrogens is 150 g/mol. The van der Waals surface area contributed by atoms with Gasteiger partial charge in [0.2, 0.25) is 0 Å². The average Bonchev–Trinajstić information content (AvgIpc) is 2.16. The van der Waals surface area contributed by atoms with E-state index in [0.717, 1.165) is 0 Å². The maximum Gasteiger partial charge on any atom is 0.147 e. The molecule has 0 unspecified atom stereocenters. The van der Waals surface area contributed by atoms with Crippen LogP contribution in [-0.4, -0.2) is 11.9 Å². The Morgan fingerprint density at radius 2 is 1.83 bits per heavy atom. The van der Waals surface area contributed by atoms with Gasteiger partial charge in [0, 0.05) is 13.2 Å². The maximum absolute atomic E-state index is 3.68. The molecule has 0 atom stereocenters. The zero-order chi connectivity index (χ0) is 9.98. The van der Waals surface area contributed by atoms with Gasteiger partial charge in [0.25, 0.3) is 0 Å². The van der Waals surface area contributed by atoms with Crippen molar-refractivity contribution in [2.75, 3.05) is 7.05 Å². The average molecular weight is 167 g/mol. The van der Waals surface area contributed by atoms with Gasteiger partial charge < -0.3 is 4.90 Å². The van der Waals surface area contributed by atoms with Crippen molar-refractivity contribution in [3.8, 4) is 0 Å². The van der Waals surface area contributed by atoms with Crippen LogP contribution in [-0.2, 0) is 0 Å². The molecule has 0 rings (SSSR count). The second kappa shape index (κ2) is 9.62. The first kappa shape index (κ1) is 13.2. The topological polar surface area (TPSA) is 28.0 Å². The number of azo groups is 1. The number of nitrogens with zero attached hydrogens (tertiary/aromatic N) is 3. The van der Waals surface area contributed by atoms with Crippen LogP contribution in [0.1, 0.15) is 13.8 Å². The summed E-state index contributed by atoms with van der Waals surface area (Å²) in [5.41, 5.74) is 0. The van der Waals surface area contributed by atoms with Gasteiger partial charge in [0.1, 0.15) is 5.82 Å². The molecule has 0 saturated heterocycles. The first-order valence-corrected chi connectivity index (χ1v) is 3.78. The van der Waals surface area contributed by atoms with E-state index in [2.05, 4.69) is 30.0 Å². The molecule has 0 aromatic rings. The number of hydrogen-bond acceptors (Lipinski definition) is 3. The summed E-state index contributed by atoms with van der Waals surface area (Å²) in [6.45, 7) is 14.5. The van der Waals surface area contributed by atoms with Crippen molar-refractivity contribution in [1.29, 1.82) is 0 Å². The molecule has 0 aliphatic rings. The molecule has 0 fully saturated rings. The van der Waals surface area contributed by atoms with E-state index in [1.54, 1.807) is 18.1 Å². The summed E-state index contributed by atoms with van der Waals surface area (Å²) in [6.07, 6.45) is 2.95. The number of hydrogen-bond donors (Lipinski definition) is 0. The Morgan fingerprint density at radius 1 is 1.33 bits per heavy atom. The highest BCUT2D eigenvalue weighted by Crippen LogP contribution is 1.99. The lowest BCUT2D eigenvalue weighted by Crippen LogP contribution is -2.05. The minimum Gasteiger partial charge on any atom is -0.336 e. The molecule has 0 aliphatic carbocycles. The van der Waals surface area contributed by atoms with Crippen LogP contribution in [0.25, 0.3) is 0 Å². The van der Waals surface area contributed by atoms with Crippen molar-refractivity contribution < 1.29 is 0 Å². The van der Waals surface area contributed by atoms with Gasteiger partial charge in [0.05, 0.1) is 0 Å². The van der Waals surface area contributed by atoms with Crippen molar-refractivity contribution in [3.63, 3.8) is 0 Å². The highest BCUT2D eigenvalue weighted by molar-refractivity contribution is 4.93. The van der Waals surface area contributed by atoms with E-state index >= 15 is 0 Å². The molecule has 0 radical (unpaired) electrons. The Bertz CT molecular complexity index is 171. The van der Waals surface area contributed by atoms with Crippen LogP contribution >= 0.6 is 0 Å². The third-order valence-electron chi connectivity index (χ3n) is 0.936. The summed E-state index contributed by atoms with van der Waals surface area (Å²) in [4.78, 5) is 1.66. The Labute approximate surface area is 74.8 Å². The van der Waals surface area contributed by atoms with E-state index in [4.69, 9.17) is 0 Å². The van der Waals surface area contributed by atoms with Crippen LogP contribution in [0.4, 0.5) is 0 Å². The monoisotopic (exact) mass is 167 g/mol.